The lowest BCUT2D eigenvalue weighted by molar-refractivity contribution is 0.589. The van der Waals surface area contributed by atoms with Gasteiger partial charge in [-0.2, -0.15) is 0 Å². The summed E-state index contributed by atoms with van der Waals surface area (Å²) in [7, 11) is 0. The van der Waals surface area contributed by atoms with Crippen LogP contribution in [-0.2, 0) is 16.2 Å². The molecular formula is C32H43N. The van der Waals surface area contributed by atoms with Gasteiger partial charge in [-0.05, 0) is 82.2 Å². The Morgan fingerprint density at radius 3 is 1.03 bits per heavy atom. The molecule has 0 aliphatic rings. The summed E-state index contributed by atoms with van der Waals surface area (Å²) < 4.78 is 0. The summed E-state index contributed by atoms with van der Waals surface area (Å²) in [5.41, 5.74) is 10.8. The molecule has 0 amide bonds. The highest BCUT2D eigenvalue weighted by Crippen LogP contribution is 2.41. The van der Waals surface area contributed by atoms with Crippen LogP contribution in [0, 0.1) is 13.8 Å². The highest BCUT2D eigenvalue weighted by Gasteiger charge is 2.23. The van der Waals surface area contributed by atoms with Crippen molar-refractivity contribution < 1.29 is 0 Å². The Morgan fingerprint density at radius 2 is 0.758 bits per heavy atom. The van der Waals surface area contributed by atoms with Crippen molar-refractivity contribution in [3.8, 4) is 0 Å². The van der Waals surface area contributed by atoms with Crippen LogP contribution in [0.1, 0.15) is 90.1 Å². The maximum atomic E-state index is 2.43. The van der Waals surface area contributed by atoms with Gasteiger partial charge < -0.3 is 4.90 Å². The molecule has 1 heteroatoms. The first-order chi connectivity index (χ1) is 15.1. The molecule has 0 spiro atoms. The van der Waals surface area contributed by atoms with Crippen LogP contribution in [0.5, 0.6) is 0 Å². The average Bonchev–Trinajstić information content (AvgIpc) is 2.69. The van der Waals surface area contributed by atoms with Crippen LogP contribution in [0.4, 0.5) is 17.1 Å². The van der Waals surface area contributed by atoms with Gasteiger partial charge in [-0.25, -0.2) is 0 Å². The van der Waals surface area contributed by atoms with Crippen LogP contribution >= 0.6 is 0 Å². The second-order valence-corrected chi connectivity index (χ2v) is 12.6. The number of aryl methyl sites for hydroxylation is 2. The van der Waals surface area contributed by atoms with Gasteiger partial charge in [-0.3, -0.25) is 0 Å². The van der Waals surface area contributed by atoms with Gasteiger partial charge in [-0.1, -0.05) is 98.7 Å². The van der Waals surface area contributed by atoms with Gasteiger partial charge >= 0.3 is 0 Å². The molecule has 0 heterocycles. The van der Waals surface area contributed by atoms with E-state index in [4.69, 9.17) is 0 Å². The molecule has 3 rings (SSSR count). The molecule has 0 fully saturated rings. The molecule has 3 aromatic carbocycles. The predicted molar refractivity (Wildman–Crippen MR) is 147 cm³/mol. The van der Waals surface area contributed by atoms with Crippen LogP contribution in [0.3, 0.4) is 0 Å². The third-order valence-electron chi connectivity index (χ3n) is 6.56. The summed E-state index contributed by atoms with van der Waals surface area (Å²) in [6, 6.07) is 22.9. The Kier molecular flexibility index (Phi) is 6.59. The monoisotopic (exact) mass is 441 g/mol. The maximum absolute atomic E-state index is 2.43. The molecule has 0 aliphatic heterocycles. The highest BCUT2D eigenvalue weighted by atomic mass is 15.1. The first-order valence-corrected chi connectivity index (χ1v) is 12.2. The van der Waals surface area contributed by atoms with Crippen molar-refractivity contribution in [2.45, 2.75) is 92.4 Å². The number of hydrogen-bond acceptors (Lipinski definition) is 1. The molecule has 0 saturated heterocycles. The molecule has 176 valence electrons. The Balaban J connectivity index is 2.20. The Hall–Kier alpha value is -2.54. The molecule has 1 nitrogen and oxygen atoms in total. The third kappa shape index (κ3) is 5.52. The molecular weight excluding hydrogens is 398 g/mol. The molecule has 0 radical (unpaired) electrons. The van der Waals surface area contributed by atoms with Crippen molar-refractivity contribution in [3.05, 3.63) is 88.5 Å². The van der Waals surface area contributed by atoms with Crippen LogP contribution in [-0.4, -0.2) is 0 Å². The molecule has 33 heavy (non-hydrogen) atoms. The smallest absolute Gasteiger partial charge is 0.0520 e. The zero-order valence-corrected chi connectivity index (χ0v) is 22.7. The summed E-state index contributed by atoms with van der Waals surface area (Å²) in [6.45, 7) is 25.0. The predicted octanol–water partition coefficient (Wildman–Crippen LogP) is 9.67. The fraction of sp³-hybridized carbons (Fsp3) is 0.438. The van der Waals surface area contributed by atoms with E-state index in [1.165, 1.54) is 44.9 Å². The van der Waals surface area contributed by atoms with Crippen molar-refractivity contribution in [2.75, 3.05) is 4.90 Å². The van der Waals surface area contributed by atoms with E-state index in [9.17, 15) is 0 Å². The molecule has 0 bridgehead atoms. The number of hydrogen-bond donors (Lipinski definition) is 0. The normalized spacial score (nSPS) is 12.7. The highest BCUT2D eigenvalue weighted by molar-refractivity contribution is 5.81. The second kappa shape index (κ2) is 8.67. The van der Waals surface area contributed by atoms with Gasteiger partial charge in [0.25, 0.3) is 0 Å². The lowest BCUT2D eigenvalue weighted by Gasteiger charge is -2.32. The van der Waals surface area contributed by atoms with Gasteiger partial charge in [0, 0.05) is 11.4 Å². The van der Waals surface area contributed by atoms with Crippen LogP contribution in [0.2, 0.25) is 0 Å². The first-order valence-electron chi connectivity index (χ1n) is 12.2. The van der Waals surface area contributed by atoms with Crippen molar-refractivity contribution in [3.63, 3.8) is 0 Å². The molecule has 0 atom stereocenters. The Labute approximate surface area is 202 Å². The second-order valence-electron chi connectivity index (χ2n) is 12.6. The lowest BCUT2D eigenvalue weighted by atomic mass is 9.84. The number of anilines is 3. The minimum atomic E-state index is 0.127. The van der Waals surface area contributed by atoms with Crippen molar-refractivity contribution in [1.29, 1.82) is 0 Å². The fourth-order valence-electron chi connectivity index (χ4n) is 4.37. The summed E-state index contributed by atoms with van der Waals surface area (Å²) >= 11 is 0. The minimum Gasteiger partial charge on any atom is -0.310 e. The lowest BCUT2D eigenvalue weighted by Crippen LogP contribution is -2.17. The van der Waals surface area contributed by atoms with E-state index in [1.807, 2.05) is 0 Å². The van der Waals surface area contributed by atoms with Gasteiger partial charge in [0.1, 0.15) is 0 Å². The number of benzene rings is 3. The zero-order valence-electron chi connectivity index (χ0n) is 22.7. The van der Waals surface area contributed by atoms with E-state index in [-0.39, 0.29) is 16.2 Å². The van der Waals surface area contributed by atoms with Gasteiger partial charge in [0.2, 0.25) is 0 Å². The van der Waals surface area contributed by atoms with E-state index in [0.717, 1.165) is 0 Å². The van der Waals surface area contributed by atoms with E-state index < -0.39 is 0 Å². The van der Waals surface area contributed by atoms with Crippen LogP contribution in [0.25, 0.3) is 0 Å². The third-order valence-corrected chi connectivity index (χ3v) is 6.56. The summed E-state index contributed by atoms with van der Waals surface area (Å²) in [5.74, 6) is 0. The molecule has 0 saturated carbocycles. The first kappa shape index (κ1) is 25.1. The molecule has 0 aromatic heterocycles. The standard InChI is InChI=1S/C32H43N/c1-22-20-26(32(9,10)11)21-23(2)29(22)33(27-16-12-24(13-17-27)30(3,4)5)28-18-14-25(15-19-28)31(6,7)8/h12-21H,1-11H3. The van der Waals surface area contributed by atoms with Gasteiger partial charge in [-0.15, -0.1) is 0 Å². The van der Waals surface area contributed by atoms with E-state index in [2.05, 4.69) is 142 Å². The van der Waals surface area contributed by atoms with Crippen molar-refractivity contribution in [1.82, 2.24) is 0 Å². The molecule has 0 N–H and O–H groups in total. The number of rotatable bonds is 3. The SMILES string of the molecule is Cc1cc(C(C)(C)C)cc(C)c1N(c1ccc(C(C)(C)C)cc1)c1ccc(C(C)(C)C)cc1. The summed E-state index contributed by atoms with van der Waals surface area (Å²) in [4.78, 5) is 2.43. The maximum Gasteiger partial charge on any atom is 0.0520 e. The summed E-state index contributed by atoms with van der Waals surface area (Å²) in [6.07, 6.45) is 0. The van der Waals surface area contributed by atoms with E-state index in [0.29, 0.717) is 0 Å². The van der Waals surface area contributed by atoms with Crippen molar-refractivity contribution >= 4 is 17.1 Å². The molecule has 3 aromatic rings. The fourth-order valence-corrected chi connectivity index (χ4v) is 4.37. The zero-order chi connectivity index (χ0) is 24.8. The van der Waals surface area contributed by atoms with Crippen LogP contribution < -0.4 is 4.90 Å². The minimum absolute atomic E-state index is 0.127. The largest absolute Gasteiger partial charge is 0.310 e. The Bertz CT molecular complexity index is 1020. The quantitative estimate of drug-likeness (QED) is 0.391. The molecule has 0 unspecified atom stereocenters. The average molecular weight is 442 g/mol. The Morgan fingerprint density at radius 1 is 0.455 bits per heavy atom. The van der Waals surface area contributed by atoms with E-state index in [1.54, 1.807) is 0 Å². The number of nitrogens with zero attached hydrogens (tertiary/aromatic N) is 1. The van der Waals surface area contributed by atoms with E-state index >= 15 is 0 Å². The molecule has 0 aliphatic carbocycles. The topological polar surface area (TPSA) is 3.24 Å². The van der Waals surface area contributed by atoms with Gasteiger partial charge in [0.15, 0.2) is 0 Å². The van der Waals surface area contributed by atoms with Crippen molar-refractivity contribution in [2.24, 2.45) is 0 Å². The van der Waals surface area contributed by atoms with Gasteiger partial charge in [0.05, 0.1) is 5.69 Å². The van der Waals surface area contributed by atoms with Crippen LogP contribution in [0.15, 0.2) is 60.7 Å². The summed E-state index contributed by atoms with van der Waals surface area (Å²) in [5, 5.41) is 0.